The van der Waals surface area contributed by atoms with E-state index in [1.165, 1.54) is 0 Å². The lowest BCUT2D eigenvalue weighted by atomic mass is 10.2. The van der Waals surface area contributed by atoms with Gasteiger partial charge in [-0.1, -0.05) is 51.3 Å². The van der Waals surface area contributed by atoms with Gasteiger partial charge in [0.05, 0.1) is 7.11 Å². The molecule has 0 bridgehead atoms. The Morgan fingerprint density at radius 2 is 1.92 bits per heavy atom. The van der Waals surface area contributed by atoms with Gasteiger partial charge in [-0.2, -0.15) is 0 Å². The molecule has 2 aromatic rings. The second kappa shape index (κ2) is 9.33. The van der Waals surface area contributed by atoms with Crippen molar-refractivity contribution in [2.75, 3.05) is 13.7 Å². The topological polar surface area (TPSA) is 30.5 Å². The maximum atomic E-state index is 6.18. The van der Waals surface area contributed by atoms with E-state index < -0.39 is 0 Å². The van der Waals surface area contributed by atoms with E-state index in [2.05, 4.69) is 27.8 Å². The molecule has 0 atom stereocenters. The molecule has 0 saturated carbocycles. The Balaban J connectivity index is 2.18. The van der Waals surface area contributed by atoms with Crippen molar-refractivity contribution in [3.63, 3.8) is 0 Å². The van der Waals surface area contributed by atoms with Crippen molar-refractivity contribution < 1.29 is 9.47 Å². The van der Waals surface area contributed by atoms with Crippen molar-refractivity contribution in [3.8, 4) is 11.5 Å². The average Bonchev–Trinajstić information content (AvgIpc) is 2.56. The van der Waals surface area contributed by atoms with Crippen molar-refractivity contribution in [2.45, 2.75) is 13.2 Å². The van der Waals surface area contributed by atoms with Crippen LogP contribution in [0.3, 0.4) is 0 Å². The van der Waals surface area contributed by atoms with Crippen molar-refractivity contribution >= 4 is 39.1 Å². The predicted octanol–water partition coefficient (Wildman–Crippen LogP) is 5.62. The van der Waals surface area contributed by atoms with Crippen molar-refractivity contribution in [1.29, 1.82) is 0 Å². The summed E-state index contributed by atoms with van der Waals surface area (Å²) in [6.45, 7) is 5.38. The summed E-state index contributed by atoms with van der Waals surface area (Å²) in [6.07, 6.45) is 1.82. The maximum Gasteiger partial charge on any atom is 0.162 e. The van der Waals surface area contributed by atoms with Crippen LogP contribution in [-0.2, 0) is 13.2 Å². The third kappa shape index (κ3) is 4.90. The van der Waals surface area contributed by atoms with Crippen LogP contribution in [0.2, 0.25) is 10.0 Å². The molecule has 0 fully saturated rings. The molecule has 0 aliphatic heterocycles. The van der Waals surface area contributed by atoms with Gasteiger partial charge in [0.1, 0.15) is 6.61 Å². The van der Waals surface area contributed by atoms with Gasteiger partial charge in [-0.25, -0.2) is 0 Å². The van der Waals surface area contributed by atoms with Gasteiger partial charge in [0, 0.05) is 33.2 Å². The minimum Gasteiger partial charge on any atom is -0.493 e. The van der Waals surface area contributed by atoms with Crippen molar-refractivity contribution in [2.24, 2.45) is 0 Å². The summed E-state index contributed by atoms with van der Waals surface area (Å²) in [5.74, 6) is 1.27. The molecule has 0 amide bonds. The van der Waals surface area contributed by atoms with Crippen LogP contribution in [0.1, 0.15) is 11.1 Å². The molecular weight excluding hydrogens is 413 g/mol. The van der Waals surface area contributed by atoms with Crippen LogP contribution >= 0.6 is 39.1 Å². The van der Waals surface area contributed by atoms with Crippen LogP contribution in [0.4, 0.5) is 0 Å². The molecular formula is C18H18BrCl2NO2. The van der Waals surface area contributed by atoms with Crippen LogP contribution in [0.5, 0.6) is 11.5 Å². The number of benzene rings is 2. The Morgan fingerprint density at radius 3 is 2.54 bits per heavy atom. The maximum absolute atomic E-state index is 6.18. The van der Waals surface area contributed by atoms with E-state index in [0.29, 0.717) is 28.1 Å². The molecule has 0 aromatic heterocycles. The zero-order valence-corrected chi connectivity index (χ0v) is 16.3. The average molecular weight is 431 g/mol. The number of hydrogen-bond donors (Lipinski definition) is 1. The molecule has 1 N–H and O–H groups in total. The summed E-state index contributed by atoms with van der Waals surface area (Å²) in [5, 5.41) is 4.41. The molecule has 0 aliphatic carbocycles. The van der Waals surface area contributed by atoms with Crippen molar-refractivity contribution in [3.05, 3.63) is 68.6 Å². The van der Waals surface area contributed by atoms with E-state index in [1.807, 2.05) is 18.2 Å². The number of ether oxygens (including phenoxy) is 2. The minimum atomic E-state index is 0.259. The lowest BCUT2D eigenvalue weighted by Gasteiger charge is -2.15. The summed E-state index contributed by atoms with van der Waals surface area (Å²) < 4.78 is 12.2. The molecule has 3 nitrogen and oxygen atoms in total. The molecule has 0 radical (unpaired) electrons. The highest BCUT2D eigenvalue weighted by molar-refractivity contribution is 9.10. The quantitative estimate of drug-likeness (QED) is 0.435. The minimum absolute atomic E-state index is 0.259. The SMILES string of the molecule is C=CCNCc1cc(OC)c(OCc2c(Cl)cccc2Cl)cc1Br. The molecule has 2 rings (SSSR count). The van der Waals surface area contributed by atoms with Crippen LogP contribution in [0.25, 0.3) is 0 Å². The first-order valence-electron chi connectivity index (χ1n) is 7.30. The zero-order valence-electron chi connectivity index (χ0n) is 13.2. The summed E-state index contributed by atoms with van der Waals surface area (Å²) in [7, 11) is 1.61. The number of hydrogen-bond acceptors (Lipinski definition) is 3. The van der Waals surface area contributed by atoms with E-state index in [4.69, 9.17) is 32.7 Å². The van der Waals surface area contributed by atoms with Gasteiger partial charge < -0.3 is 14.8 Å². The van der Waals surface area contributed by atoms with Crippen LogP contribution in [0.15, 0.2) is 47.5 Å². The number of halogens is 3. The van der Waals surface area contributed by atoms with Crippen LogP contribution in [0, 0.1) is 0 Å². The van der Waals surface area contributed by atoms with Crippen molar-refractivity contribution in [1.82, 2.24) is 5.32 Å². The molecule has 0 spiro atoms. The van der Waals surface area contributed by atoms with Gasteiger partial charge in [0.25, 0.3) is 0 Å². The summed E-state index contributed by atoms with van der Waals surface area (Å²) >= 11 is 15.9. The van der Waals surface area contributed by atoms with Gasteiger partial charge >= 0.3 is 0 Å². The normalized spacial score (nSPS) is 10.5. The Kier molecular flexibility index (Phi) is 7.43. The first kappa shape index (κ1) is 19.1. The lowest BCUT2D eigenvalue weighted by Crippen LogP contribution is -2.13. The Morgan fingerprint density at radius 1 is 1.21 bits per heavy atom. The summed E-state index contributed by atoms with van der Waals surface area (Å²) in [4.78, 5) is 0. The van der Waals surface area contributed by atoms with Gasteiger partial charge in [0.2, 0.25) is 0 Å². The number of nitrogens with one attached hydrogen (secondary N) is 1. The fourth-order valence-electron chi connectivity index (χ4n) is 2.11. The van der Waals surface area contributed by atoms with E-state index in [-0.39, 0.29) is 6.61 Å². The van der Waals surface area contributed by atoms with E-state index in [0.717, 1.165) is 22.1 Å². The standard InChI is InChI=1S/C18H18BrCl2NO2/c1-3-7-22-10-12-8-17(23-2)18(9-14(12)19)24-11-13-15(20)5-4-6-16(13)21/h3-6,8-9,22H,1,7,10-11H2,2H3. The fourth-order valence-corrected chi connectivity index (χ4v) is 3.08. The summed E-state index contributed by atoms with van der Waals surface area (Å²) in [5.41, 5.74) is 1.81. The highest BCUT2D eigenvalue weighted by Crippen LogP contribution is 2.35. The molecule has 6 heteroatoms. The third-order valence-electron chi connectivity index (χ3n) is 3.37. The van der Waals surface area contributed by atoms with Gasteiger partial charge in [-0.3, -0.25) is 0 Å². The molecule has 0 saturated heterocycles. The van der Waals surface area contributed by atoms with Crippen LogP contribution in [-0.4, -0.2) is 13.7 Å². The lowest BCUT2D eigenvalue weighted by molar-refractivity contribution is 0.284. The molecule has 0 unspecified atom stereocenters. The largest absolute Gasteiger partial charge is 0.493 e. The Hall–Kier alpha value is -1.20. The van der Waals surface area contributed by atoms with Crippen LogP contribution < -0.4 is 14.8 Å². The molecule has 128 valence electrons. The second-order valence-corrected chi connectivity index (χ2v) is 6.67. The zero-order chi connectivity index (χ0) is 17.5. The van der Waals surface area contributed by atoms with E-state index >= 15 is 0 Å². The Bertz CT molecular complexity index is 702. The van der Waals surface area contributed by atoms with Gasteiger partial charge in [-0.15, -0.1) is 6.58 Å². The second-order valence-electron chi connectivity index (χ2n) is 5.00. The third-order valence-corrected chi connectivity index (χ3v) is 4.82. The highest BCUT2D eigenvalue weighted by Gasteiger charge is 2.12. The smallest absolute Gasteiger partial charge is 0.162 e. The van der Waals surface area contributed by atoms with E-state index in [9.17, 15) is 0 Å². The molecule has 2 aromatic carbocycles. The Labute approximate surface area is 160 Å². The molecule has 24 heavy (non-hydrogen) atoms. The fraction of sp³-hybridized carbons (Fsp3) is 0.222. The molecule has 0 aliphatic rings. The summed E-state index contributed by atoms with van der Waals surface area (Å²) in [6, 6.07) is 9.19. The van der Waals surface area contributed by atoms with Gasteiger partial charge in [0.15, 0.2) is 11.5 Å². The predicted molar refractivity (Wildman–Crippen MR) is 103 cm³/mol. The first-order chi connectivity index (χ1) is 11.6. The molecule has 0 heterocycles. The number of rotatable bonds is 8. The highest BCUT2D eigenvalue weighted by atomic mass is 79.9. The monoisotopic (exact) mass is 429 g/mol. The number of methoxy groups -OCH3 is 1. The van der Waals surface area contributed by atoms with Gasteiger partial charge in [-0.05, 0) is 29.8 Å². The first-order valence-corrected chi connectivity index (χ1v) is 8.85. The van der Waals surface area contributed by atoms with E-state index in [1.54, 1.807) is 25.3 Å².